The van der Waals surface area contributed by atoms with Crippen LogP contribution in [0.15, 0.2) is 0 Å². The Morgan fingerprint density at radius 1 is 1.05 bits per heavy atom. The summed E-state index contributed by atoms with van der Waals surface area (Å²) in [4.78, 5) is 26.5. The monoisotopic (exact) mass is 295 g/mol. The normalized spacial score (nSPS) is 29.4. The summed E-state index contributed by atoms with van der Waals surface area (Å²) < 4.78 is 0. The molecule has 1 unspecified atom stereocenters. The molecule has 1 saturated carbocycles. The molecule has 2 fully saturated rings. The van der Waals surface area contributed by atoms with Gasteiger partial charge in [-0.05, 0) is 25.2 Å². The van der Waals surface area contributed by atoms with E-state index in [1.807, 2.05) is 18.7 Å². The summed E-state index contributed by atoms with van der Waals surface area (Å²) in [6.45, 7) is 6.97. The van der Waals surface area contributed by atoms with Crippen LogP contribution in [0.3, 0.4) is 0 Å². The van der Waals surface area contributed by atoms with E-state index in [-0.39, 0.29) is 17.2 Å². The van der Waals surface area contributed by atoms with Gasteiger partial charge in [0.15, 0.2) is 0 Å². The number of nitrogens with zero attached hydrogens (tertiary/aromatic N) is 1. The van der Waals surface area contributed by atoms with E-state index >= 15 is 0 Å². The number of rotatable bonds is 3. The van der Waals surface area contributed by atoms with Crippen LogP contribution in [0.2, 0.25) is 0 Å². The second-order valence-corrected chi connectivity index (χ2v) is 7.57. The van der Waals surface area contributed by atoms with E-state index in [0.717, 1.165) is 25.7 Å². The molecule has 0 aromatic carbocycles. The van der Waals surface area contributed by atoms with Crippen LogP contribution >= 0.6 is 0 Å². The molecule has 21 heavy (non-hydrogen) atoms. The van der Waals surface area contributed by atoms with Gasteiger partial charge in [0.05, 0.1) is 5.41 Å². The van der Waals surface area contributed by atoms with Gasteiger partial charge in [-0.15, -0.1) is 0 Å². The minimum atomic E-state index is -0.753. The van der Waals surface area contributed by atoms with E-state index in [4.69, 9.17) is 0 Å². The van der Waals surface area contributed by atoms with Crippen molar-refractivity contribution in [2.75, 3.05) is 13.1 Å². The van der Waals surface area contributed by atoms with Gasteiger partial charge in [-0.3, -0.25) is 9.59 Å². The molecule has 1 aliphatic carbocycles. The standard InChI is InChI=1S/C17H29NO3/c1-13(2)17(15(20)21)10-11-18(12-17)14(19)16(3)8-6-4-5-7-9-16/h13H,4-12H2,1-3H3,(H,20,21). The van der Waals surface area contributed by atoms with Crippen LogP contribution in [-0.2, 0) is 9.59 Å². The molecular weight excluding hydrogens is 266 g/mol. The van der Waals surface area contributed by atoms with Crippen molar-refractivity contribution >= 4 is 11.9 Å². The Morgan fingerprint density at radius 3 is 2.05 bits per heavy atom. The van der Waals surface area contributed by atoms with Crippen LogP contribution in [0.4, 0.5) is 0 Å². The number of hydrogen-bond acceptors (Lipinski definition) is 2. The number of carboxylic acid groups (broad SMARTS) is 1. The molecule has 0 radical (unpaired) electrons. The molecule has 120 valence electrons. The average molecular weight is 295 g/mol. The van der Waals surface area contributed by atoms with E-state index in [0.29, 0.717) is 19.5 Å². The molecule has 1 amide bonds. The summed E-state index contributed by atoms with van der Waals surface area (Å²) in [6, 6.07) is 0. The lowest BCUT2D eigenvalue weighted by Gasteiger charge is -2.34. The first-order valence-corrected chi connectivity index (χ1v) is 8.35. The first kappa shape index (κ1) is 16.3. The van der Waals surface area contributed by atoms with Gasteiger partial charge >= 0.3 is 5.97 Å². The number of hydrogen-bond donors (Lipinski definition) is 1. The average Bonchev–Trinajstić information content (AvgIpc) is 2.77. The number of aliphatic carboxylic acids is 1. The quantitative estimate of drug-likeness (QED) is 0.813. The molecule has 0 bridgehead atoms. The molecule has 0 aromatic rings. The fraction of sp³-hybridized carbons (Fsp3) is 0.882. The molecule has 2 aliphatic rings. The van der Waals surface area contributed by atoms with Crippen molar-refractivity contribution in [1.82, 2.24) is 4.90 Å². The topological polar surface area (TPSA) is 57.6 Å². The van der Waals surface area contributed by atoms with Crippen molar-refractivity contribution in [2.45, 2.75) is 65.7 Å². The van der Waals surface area contributed by atoms with E-state index in [1.165, 1.54) is 12.8 Å². The molecule has 2 rings (SSSR count). The van der Waals surface area contributed by atoms with Crippen LogP contribution in [0.1, 0.15) is 65.7 Å². The van der Waals surface area contributed by atoms with Gasteiger partial charge in [-0.1, -0.05) is 46.5 Å². The molecule has 4 heteroatoms. The van der Waals surface area contributed by atoms with Crippen LogP contribution in [0, 0.1) is 16.7 Å². The van der Waals surface area contributed by atoms with Gasteiger partial charge in [-0.2, -0.15) is 0 Å². The Kier molecular flexibility index (Phi) is 4.64. The highest BCUT2D eigenvalue weighted by atomic mass is 16.4. The van der Waals surface area contributed by atoms with E-state index < -0.39 is 11.4 Å². The second-order valence-electron chi connectivity index (χ2n) is 7.57. The summed E-state index contributed by atoms with van der Waals surface area (Å²) in [5.74, 6) is -0.512. The van der Waals surface area contributed by atoms with Crippen molar-refractivity contribution in [1.29, 1.82) is 0 Å². The van der Waals surface area contributed by atoms with Gasteiger partial charge in [0, 0.05) is 18.5 Å². The zero-order chi connectivity index (χ0) is 15.7. The smallest absolute Gasteiger partial charge is 0.311 e. The first-order chi connectivity index (χ1) is 9.82. The second kappa shape index (κ2) is 5.98. The number of carbonyl (C=O) groups excluding carboxylic acids is 1. The molecule has 0 spiro atoms. The van der Waals surface area contributed by atoms with Crippen LogP contribution in [0.5, 0.6) is 0 Å². The van der Waals surface area contributed by atoms with Crippen molar-refractivity contribution in [3.8, 4) is 0 Å². The third-order valence-corrected chi connectivity index (χ3v) is 5.84. The highest BCUT2D eigenvalue weighted by Crippen LogP contribution is 2.42. The predicted octanol–water partition coefficient (Wildman–Crippen LogP) is 3.31. The summed E-state index contributed by atoms with van der Waals surface area (Å²) in [5, 5.41) is 9.62. The molecule has 1 aliphatic heterocycles. The van der Waals surface area contributed by atoms with E-state index in [9.17, 15) is 14.7 Å². The zero-order valence-electron chi connectivity index (χ0n) is 13.7. The molecule has 0 aromatic heterocycles. The first-order valence-electron chi connectivity index (χ1n) is 8.35. The van der Waals surface area contributed by atoms with Crippen molar-refractivity contribution < 1.29 is 14.7 Å². The summed E-state index contributed by atoms with van der Waals surface area (Å²) >= 11 is 0. The molecule has 1 atom stereocenters. The van der Waals surface area contributed by atoms with Crippen molar-refractivity contribution in [3.05, 3.63) is 0 Å². The number of carboxylic acids is 1. The lowest BCUT2D eigenvalue weighted by atomic mass is 9.76. The Hall–Kier alpha value is -1.06. The van der Waals surface area contributed by atoms with Crippen LogP contribution in [0.25, 0.3) is 0 Å². The Labute approximate surface area is 127 Å². The summed E-state index contributed by atoms with van der Waals surface area (Å²) in [7, 11) is 0. The van der Waals surface area contributed by atoms with Gasteiger partial charge in [-0.25, -0.2) is 0 Å². The van der Waals surface area contributed by atoms with Gasteiger partial charge in [0.2, 0.25) is 5.91 Å². The number of likely N-dealkylation sites (tertiary alicyclic amines) is 1. The molecule has 1 N–H and O–H groups in total. The number of carbonyl (C=O) groups is 2. The Balaban J connectivity index is 2.13. The third-order valence-electron chi connectivity index (χ3n) is 5.84. The highest BCUT2D eigenvalue weighted by Gasteiger charge is 2.50. The third kappa shape index (κ3) is 2.95. The Morgan fingerprint density at radius 2 is 1.62 bits per heavy atom. The molecular formula is C17H29NO3. The maximum atomic E-state index is 12.9. The van der Waals surface area contributed by atoms with Gasteiger partial charge in [0.1, 0.15) is 0 Å². The van der Waals surface area contributed by atoms with Gasteiger partial charge < -0.3 is 10.0 Å². The predicted molar refractivity (Wildman–Crippen MR) is 81.9 cm³/mol. The highest BCUT2D eigenvalue weighted by molar-refractivity contribution is 5.84. The maximum Gasteiger partial charge on any atom is 0.311 e. The lowest BCUT2D eigenvalue weighted by molar-refractivity contribution is -0.152. The lowest BCUT2D eigenvalue weighted by Crippen LogP contribution is -2.45. The molecule has 1 saturated heterocycles. The fourth-order valence-corrected chi connectivity index (χ4v) is 4.00. The summed E-state index contributed by atoms with van der Waals surface area (Å²) in [5.41, 5.74) is -1.03. The van der Waals surface area contributed by atoms with Crippen molar-refractivity contribution in [2.24, 2.45) is 16.7 Å². The van der Waals surface area contributed by atoms with Gasteiger partial charge in [0.25, 0.3) is 0 Å². The SMILES string of the molecule is CC(C)C1(C(=O)O)CCN(C(=O)C2(C)CCCCCC2)C1. The van der Waals surface area contributed by atoms with E-state index in [1.54, 1.807) is 0 Å². The minimum absolute atomic E-state index is 0.0507. The number of amides is 1. The van der Waals surface area contributed by atoms with Crippen molar-refractivity contribution in [3.63, 3.8) is 0 Å². The Bertz CT molecular complexity index is 410. The van der Waals surface area contributed by atoms with Crippen LogP contribution < -0.4 is 0 Å². The zero-order valence-corrected chi connectivity index (χ0v) is 13.7. The maximum absolute atomic E-state index is 12.9. The largest absolute Gasteiger partial charge is 0.481 e. The summed E-state index contributed by atoms with van der Waals surface area (Å²) in [6.07, 6.45) is 7.15. The van der Waals surface area contributed by atoms with E-state index in [2.05, 4.69) is 6.92 Å². The van der Waals surface area contributed by atoms with Crippen LogP contribution in [-0.4, -0.2) is 35.0 Å². The fourth-order valence-electron chi connectivity index (χ4n) is 4.00. The molecule has 1 heterocycles. The molecule has 4 nitrogen and oxygen atoms in total. The minimum Gasteiger partial charge on any atom is -0.481 e.